The molecule has 0 radical (unpaired) electrons. The summed E-state index contributed by atoms with van der Waals surface area (Å²) in [6, 6.07) is 6.44. The highest BCUT2D eigenvalue weighted by molar-refractivity contribution is 5.82. The fraction of sp³-hybridized carbons (Fsp3) is 0.263. The van der Waals surface area contributed by atoms with E-state index >= 15 is 0 Å². The second-order valence-electron chi connectivity index (χ2n) is 5.88. The van der Waals surface area contributed by atoms with Crippen molar-refractivity contribution in [2.24, 2.45) is 5.92 Å². The summed E-state index contributed by atoms with van der Waals surface area (Å²) in [5.74, 6) is 0.640. The molecule has 1 aromatic carbocycles. The van der Waals surface area contributed by atoms with Gasteiger partial charge in [-0.1, -0.05) is 50.3 Å². The summed E-state index contributed by atoms with van der Waals surface area (Å²) in [6.45, 7) is 6.45. The van der Waals surface area contributed by atoms with Crippen molar-refractivity contribution in [2.45, 2.75) is 25.7 Å². The average molecular weight is 274 g/mol. The first-order chi connectivity index (χ1) is 10.3. The Bertz CT molecular complexity index is 799. The summed E-state index contributed by atoms with van der Waals surface area (Å²) in [7, 11) is 0. The van der Waals surface area contributed by atoms with Crippen LogP contribution in [0.1, 0.15) is 36.2 Å². The maximum atomic E-state index is 4.92. The largest absolute Gasteiger partial charge is 0.248 e. The van der Waals surface area contributed by atoms with E-state index in [9.17, 15) is 0 Å². The molecule has 2 atom stereocenters. The Morgan fingerprint density at radius 2 is 1.86 bits per heavy atom. The Morgan fingerprint density at radius 1 is 1.05 bits per heavy atom. The predicted molar refractivity (Wildman–Crippen MR) is 87.1 cm³/mol. The van der Waals surface area contributed by atoms with Crippen molar-refractivity contribution in [2.75, 3.05) is 0 Å². The number of rotatable bonds is 2. The molecule has 2 unspecified atom stereocenters. The third-order valence-electron chi connectivity index (χ3n) is 4.45. The monoisotopic (exact) mass is 274 g/mol. The van der Waals surface area contributed by atoms with Crippen molar-refractivity contribution >= 4 is 16.6 Å². The third kappa shape index (κ3) is 1.86. The maximum Gasteiger partial charge on any atom is 0.0894 e. The van der Waals surface area contributed by atoms with Crippen molar-refractivity contribution in [1.82, 2.24) is 9.97 Å². The van der Waals surface area contributed by atoms with Crippen LogP contribution in [-0.2, 0) is 6.42 Å². The van der Waals surface area contributed by atoms with Crippen LogP contribution in [0.25, 0.3) is 16.6 Å². The molecule has 2 aliphatic rings. The molecule has 2 heteroatoms. The second kappa shape index (κ2) is 4.66. The quantitative estimate of drug-likeness (QED) is 0.809. The summed E-state index contributed by atoms with van der Waals surface area (Å²) in [4.78, 5) is 9.76. The molecule has 4 rings (SSSR count). The average Bonchev–Trinajstić information content (AvgIpc) is 2.79. The van der Waals surface area contributed by atoms with E-state index in [0.717, 1.165) is 40.8 Å². The van der Waals surface area contributed by atoms with Crippen LogP contribution in [0.2, 0.25) is 0 Å². The number of aryl methyl sites for hydroxylation is 1. The van der Waals surface area contributed by atoms with Gasteiger partial charge >= 0.3 is 0 Å². The van der Waals surface area contributed by atoms with Crippen molar-refractivity contribution in [1.29, 1.82) is 0 Å². The number of fused-ring (bicyclic) bond motifs is 4. The maximum absolute atomic E-state index is 4.92. The van der Waals surface area contributed by atoms with Gasteiger partial charge in [-0.15, -0.1) is 0 Å². The fourth-order valence-electron chi connectivity index (χ4n) is 3.39. The van der Waals surface area contributed by atoms with Crippen LogP contribution in [0.4, 0.5) is 0 Å². The van der Waals surface area contributed by atoms with Crippen LogP contribution < -0.4 is 0 Å². The minimum Gasteiger partial charge on any atom is -0.248 e. The van der Waals surface area contributed by atoms with Gasteiger partial charge in [0.15, 0.2) is 0 Å². The lowest BCUT2D eigenvalue weighted by atomic mass is 9.89. The highest BCUT2D eigenvalue weighted by Gasteiger charge is 2.36. The van der Waals surface area contributed by atoms with E-state index in [2.05, 4.69) is 56.0 Å². The lowest BCUT2D eigenvalue weighted by molar-refractivity contribution is 0.736. The minimum atomic E-state index is 0.309. The zero-order valence-corrected chi connectivity index (χ0v) is 12.2. The Balaban J connectivity index is 1.89. The molecule has 1 heterocycles. The zero-order valence-electron chi connectivity index (χ0n) is 12.2. The molecule has 0 N–H and O–H groups in total. The lowest BCUT2D eigenvalue weighted by Gasteiger charge is -2.15. The summed E-state index contributed by atoms with van der Waals surface area (Å²) in [6.07, 6.45) is 10.9. The number of allylic oxidation sites excluding steroid dienone is 5. The first kappa shape index (κ1) is 12.5. The second-order valence-corrected chi connectivity index (χ2v) is 5.88. The summed E-state index contributed by atoms with van der Waals surface area (Å²) >= 11 is 0. The highest BCUT2D eigenvalue weighted by Crippen LogP contribution is 2.46. The van der Waals surface area contributed by atoms with Crippen LogP contribution in [0.5, 0.6) is 0 Å². The molecule has 1 aromatic heterocycles. The van der Waals surface area contributed by atoms with Gasteiger partial charge in [0.25, 0.3) is 0 Å². The standard InChI is InChI=1S/C19H18N2/c1-3-6-13-9-10-16-17(11-13)21-19-15-8-5-4-7-14(15)12(2)18(19)20-16/h4-5,7-11,14-15H,2-3,6H2,1H3. The Labute approximate surface area is 124 Å². The first-order valence-electron chi connectivity index (χ1n) is 7.62. The third-order valence-corrected chi connectivity index (χ3v) is 4.45. The van der Waals surface area contributed by atoms with E-state index in [-0.39, 0.29) is 0 Å². The van der Waals surface area contributed by atoms with Crippen LogP contribution in [0, 0.1) is 5.92 Å². The van der Waals surface area contributed by atoms with Gasteiger partial charge < -0.3 is 0 Å². The van der Waals surface area contributed by atoms with Crippen LogP contribution in [-0.4, -0.2) is 9.97 Å². The zero-order chi connectivity index (χ0) is 14.4. The molecule has 2 nitrogen and oxygen atoms in total. The van der Waals surface area contributed by atoms with Crippen LogP contribution in [0.15, 0.2) is 49.1 Å². The first-order valence-corrected chi connectivity index (χ1v) is 7.62. The van der Waals surface area contributed by atoms with E-state index in [4.69, 9.17) is 9.97 Å². The number of aromatic nitrogens is 2. The Morgan fingerprint density at radius 3 is 2.67 bits per heavy atom. The molecular formula is C19H18N2. The molecule has 104 valence electrons. The molecule has 0 aliphatic heterocycles. The molecule has 0 saturated heterocycles. The van der Waals surface area contributed by atoms with E-state index < -0.39 is 0 Å². The van der Waals surface area contributed by atoms with Crippen LogP contribution >= 0.6 is 0 Å². The molecule has 2 aliphatic carbocycles. The Hall–Kier alpha value is -2.22. The van der Waals surface area contributed by atoms with Crippen LogP contribution in [0.3, 0.4) is 0 Å². The predicted octanol–water partition coefficient (Wildman–Crippen LogP) is 4.43. The minimum absolute atomic E-state index is 0.309. The molecule has 0 fully saturated rings. The highest BCUT2D eigenvalue weighted by atomic mass is 14.9. The number of benzene rings is 1. The summed E-state index contributed by atoms with van der Waals surface area (Å²) < 4.78 is 0. The molecule has 2 aromatic rings. The van der Waals surface area contributed by atoms with Gasteiger partial charge in [0.1, 0.15) is 0 Å². The van der Waals surface area contributed by atoms with Gasteiger partial charge in [0, 0.05) is 11.8 Å². The molecular weight excluding hydrogens is 256 g/mol. The number of nitrogens with zero attached hydrogens (tertiary/aromatic N) is 2. The van der Waals surface area contributed by atoms with E-state index in [1.807, 2.05) is 0 Å². The SMILES string of the molecule is C=C1c2nc3ccc(CCC)cc3nc2C2C=CC=CC12. The lowest BCUT2D eigenvalue weighted by Crippen LogP contribution is -2.05. The van der Waals surface area contributed by atoms with Crippen molar-refractivity contribution < 1.29 is 0 Å². The summed E-state index contributed by atoms with van der Waals surface area (Å²) in [5, 5.41) is 0. The number of hydrogen-bond acceptors (Lipinski definition) is 2. The topological polar surface area (TPSA) is 25.8 Å². The molecule has 0 spiro atoms. The molecule has 21 heavy (non-hydrogen) atoms. The van der Waals surface area contributed by atoms with Gasteiger partial charge in [-0.3, -0.25) is 0 Å². The van der Waals surface area contributed by atoms with E-state index in [1.165, 1.54) is 5.56 Å². The Kier molecular flexibility index (Phi) is 2.78. The smallest absolute Gasteiger partial charge is 0.0894 e. The van der Waals surface area contributed by atoms with Gasteiger partial charge in [0.2, 0.25) is 0 Å². The molecule has 0 amide bonds. The molecule has 0 saturated carbocycles. The molecule has 0 bridgehead atoms. The summed E-state index contributed by atoms with van der Waals surface area (Å²) in [5.41, 5.74) is 6.51. The normalized spacial score (nSPS) is 22.6. The van der Waals surface area contributed by atoms with Crippen molar-refractivity contribution in [3.05, 3.63) is 66.0 Å². The van der Waals surface area contributed by atoms with Gasteiger partial charge in [-0.25, -0.2) is 9.97 Å². The van der Waals surface area contributed by atoms with Gasteiger partial charge in [-0.05, 0) is 29.7 Å². The fourth-order valence-corrected chi connectivity index (χ4v) is 3.39. The van der Waals surface area contributed by atoms with Gasteiger partial charge in [0.05, 0.1) is 22.4 Å². The number of hydrogen-bond donors (Lipinski definition) is 0. The van der Waals surface area contributed by atoms with E-state index in [0.29, 0.717) is 11.8 Å². The van der Waals surface area contributed by atoms with Gasteiger partial charge in [-0.2, -0.15) is 0 Å². The van der Waals surface area contributed by atoms with Crippen molar-refractivity contribution in [3.63, 3.8) is 0 Å². The van der Waals surface area contributed by atoms with E-state index in [1.54, 1.807) is 0 Å². The van der Waals surface area contributed by atoms with Crippen molar-refractivity contribution in [3.8, 4) is 0 Å².